The summed E-state index contributed by atoms with van der Waals surface area (Å²) in [5.74, 6) is -0.130. The van der Waals surface area contributed by atoms with E-state index < -0.39 is 15.9 Å². The fourth-order valence-electron chi connectivity index (χ4n) is 4.11. The minimum atomic E-state index is -3.73. The number of piperidine rings is 1. The standard InChI is InChI=1S/C26H30N4O3S/c27-24-11-4-5-12-25(24)29-26(31)22-9-6-10-23(17-22)34(32,33)28-18-20-13-15-30(16-14-20)19-21-7-2-1-3-8-21/h1-12,17,20,28H,13-16,18-19,27H2,(H,29,31). The molecule has 0 spiro atoms. The quantitative estimate of drug-likeness (QED) is 0.428. The van der Waals surface area contributed by atoms with Crippen molar-refractivity contribution >= 4 is 27.3 Å². The minimum absolute atomic E-state index is 0.0719. The number of likely N-dealkylation sites (tertiary alicyclic amines) is 1. The zero-order chi connectivity index (χ0) is 24.0. The number of carbonyl (C=O) groups excluding carboxylic acids is 1. The second-order valence-electron chi connectivity index (χ2n) is 8.63. The SMILES string of the molecule is Nc1ccccc1NC(=O)c1cccc(S(=O)(=O)NCC2CCN(Cc3ccccc3)CC2)c1. The van der Waals surface area contributed by atoms with Crippen LogP contribution in [0.2, 0.25) is 0 Å². The van der Waals surface area contributed by atoms with Gasteiger partial charge in [-0.1, -0.05) is 48.5 Å². The molecule has 4 N–H and O–H groups in total. The first kappa shape index (κ1) is 23.9. The first-order chi connectivity index (χ1) is 16.4. The summed E-state index contributed by atoms with van der Waals surface area (Å²) >= 11 is 0. The van der Waals surface area contributed by atoms with Crippen molar-refractivity contribution in [2.45, 2.75) is 24.3 Å². The molecule has 1 saturated heterocycles. The molecule has 8 heteroatoms. The van der Waals surface area contributed by atoms with Crippen LogP contribution in [-0.4, -0.2) is 38.9 Å². The van der Waals surface area contributed by atoms with Crippen molar-refractivity contribution in [2.24, 2.45) is 5.92 Å². The average molecular weight is 479 g/mol. The Labute approximate surface area is 201 Å². The Morgan fingerprint density at radius 2 is 1.65 bits per heavy atom. The number of hydrogen-bond acceptors (Lipinski definition) is 5. The Bertz CT molecular complexity index is 1220. The van der Waals surface area contributed by atoms with E-state index in [9.17, 15) is 13.2 Å². The second kappa shape index (κ2) is 10.8. The van der Waals surface area contributed by atoms with E-state index in [1.54, 1.807) is 36.4 Å². The van der Waals surface area contributed by atoms with Crippen molar-refractivity contribution in [3.63, 3.8) is 0 Å². The Kier molecular flexibility index (Phi) is 7.62. The van der Waals surface area contributed by atoms with E-state index in [1.165, 1.54) is 17.7 Å². The van der Waals surface area contributed by atoms with Crippen molar-refractivity contribution in [2.75, 3.05) is 30.7 Å². The third-order valence-electron chi connectivity index (χ3n) is 6.13. The number of hydrogen-bond donors (Lipinski definition) is 3. The number of anilines is 2. The predicted octanol–water partition coefficient (Wildman–Crippen LogP) is 3.71. The Morgan fingerprint density at radius 1 is 0.941 bits per heavy atom. The number of rotatable bonds is 8. The summed E-state index contributed by atoms with van der Waals surface area (Å²) in [5.41, 5.74) is 8.35. The maximum Gasteiger partial charge on any atom is 0.255 e. The number of para-hydroxylation sites is 2. The van der Waals surface area contributed by atoms with Gasteiger partial charge in [0.05, 0.1) is 16.3 Å². The molecule has 1 aliphatic heterocycles. The van der Waals surface area contributed by atoms with Gasteiger partial charge in [-0.25, -0.2) is 13.1 Å². The lowest BCUT2D eigenvalue weighted by Crippen LogP contribution is -2.38. The molecule has 0 aliphatic carbocycles. The first-order valence-corrected chi connectivity index (χ1v) is 12.9. The van der Waals surface area contributed by atoms with Crippen molar-refractivity contribution in [3.05, 3.63) is 90.0 Å². The monoisotopic (exact) mass is 478 g/mol. The molecule has 178 valence electrons. The molecule has 0 saturated carbocycles. The molecule has 0 unspecified atom stereocenters. The molecule has 4 rings (SSSR count). The van der Waals surface area contributed by atoms with Crippen LogP contribution >= 0.6 is 0 Å². The highest BCUT2D eigenvalue weighted by Crippen LogP contribution is 2.21. The molecular formula is C26H30N4O3S. The third-order valence-corrected chi connectivity index (χ3v) is 7.55. The third kappa shape index (κ3) is 6.22. The number of amides is 1. The van der Waals surface area contributed by atoms with Crippen molar-refractivity contribution in [1.82, 2.24) is 9.62 Å². The number of nitrogens with two attached hydrogens (primary N) is 1. The van der Waals surface area contributed by atoms with Gasteiger partial charge in [0.1, 0.15) is 0 Å². The number of benzene rings is 3. The van der Waals surface area contributed by atoms with E-state index in [-0.39, 0.29) is 16.4 Å². The van der Waals surface area contributed by atoms with Crippen LogP contribution < -0.4 is 15.8 Å². The molecule has 34 heavy (non-hydrogen) atoms. The molecule has 0 bridgehead atoms. The van der Waals surface area contributed by atoms with Crippen LogP contribution in [0.25, 0.3) is 0 Å². The van der Waals surface area contributed by atoms with Gasteiger partial charge in [-0.2, -0.15) is 0 Å². The van der Waals surface area contributed by atoms with E-state index >= 15 is 0 Å². The zero-order valence-electron chi connectivity index (χ0n) is 19.0. The number of nitrogen functional groups attached to an aromatic ring is 1. The van der Waals surface area contributed by atoms with E-state index in [4.69, 9.17) is 5.73 Å². The van der Waals surface area contributed by atoms with Gasteiger partial charge in [-0.3, -0.25) is 9.69 Å². The van der Waals surface area contributed by atoms with Crippen molar-refractivity contribution in [1.29, 1.82) is 0 Å². The molecule has 0 radical (unpaired) electrons. The van der Waals surface area contributed by atoms with E-state index in [2.05, 4.69) is 27.1 Å². The highest BCUT2D eigenvalue weighted by atomic mass is 32.2. The summed E-state index contributed by atoms with van der Waals surface area (Å²) in [6.45, 7) is 3.19. The average Bonchev–Trinajstić information content (AvgIpc) is 2.86. The molecule has 3 aromatic rings. The summed E-state index contributed by atoms with van der Waals surface area (Å²) in [6.07, 6.45) is 1.88. The molecule has 1 amide bonds. The predicted molar refractivity (Wildman–Crippen MR) is 135 cm³/mol. The molecule has 1 heterocycles. The van der Waals surface area contributed by atoms with Crippen LogP contribution in [0.4, 0.5) is 11.4 Å². The lowest BCUT2D eigenvalue weighted by atomic mass is 9.97. The van der Waals surface area contributed by atoms with Crippen LogP contribution in [0.15, 0.2) is 83.8 Å². The van der Waals surface area contributed by atoms with E-state index in [1.807, 2.05) is 18.2 Å². The van der Waals surface area contributed by atoms with Crippen LogP contribution in [0.3, 0.4) is 0 Å². The van der Waals surface area contributed by atoms with Gasteiger partial charge < -0.3 is 11.1 Å². The Morgan fingerprint density at radius 3 is 2.38 bits per heavy atom. The summed E-state index contributed by atoms with van der Waals surface area (Å²) in [7, 11) is -3.73. The van der Waals surface area contributed by atoms with Crippen LogP contribution in [0.5, 0.6) is 0 Å². The molecule has 1 aliphatic rings. The van der Waals surface area contributed by atoms with Gasteiger partial charge in [0, 0.05) is 18.7 Å². The Hall–Kier alpha value is -3.20. The highest BCUT2D eigenvalue weighted by molar-refractivity contribution is 7.89. The number of nitrogens with one attached hydrogen (secondary N) is 2. The van der Waals surface area contributed by atoms with Gasteiger partial charge >= 0.3 is 0 Å². The zero-order valence-corrected chi connectivity index (χ0v) is 19.8. The lowest BCUT2D eigenvalue weighted by Gasteiger charge is -2.32. The molecule has 3 aromatic carbocycles. The second-order valence-corrected chi connectivity index (χ2v) is 10.4. The van der Waals surface area contributed by atoms with Gasteiger partial charge in [0.15, 0.2) is 0 Å². The van der Waals surface area contributed by atoms with Crippen LogP contribution in [-0.2, 0) is 16.6 Å². The lowest BCUT2D eigenvalue weighted by molar-refractivity contribution is 0.102. The summed E-state index contributed by atoms with van der Waals surface area (Å²) in [5, 5.41) is 2.73. The van der Waals surface area contributed by atoms with Crippen LogP contribution in [0, 0.1) is 5.92 Å². The normalized spacial score (nSPS) is 15.2. The highest BCUT2D eigenvalue weighted by Gasteiger charge is 2.22. The van der Waals surface area contributed by atoms with Gasteiger partial charge in [-0.15, -0.1) is 0 Å². The smallest absolute Gasteiger partial charge is 0.255 e. The van der Waals surface area contributed by atoms with Crippen LogP contribution in [0.1, 0.15) is 28.8 Å². The minimum Gasteiger partial charge on any atom is -0.397 e. The van der Waals surface area contributed by atoms with E-state index in [0.717, 1.165) is 32.5 Å². The van der Waals surface area contributed by atoms with Gasteiger partial charge in [0.25, 0.3) is 5.91 Å². The molecule has 1 fully saturated rings. The fraction of sp³-hybridized carbons (Fsp3) is 0.269. The van der Waals surface area contributed by atoms with Gasteiger partial charge in [0.2, 0.25) is 10.0 Å². The molecular weight excluding hydrogens is 448 g/mol. The molecule has 7 nitrogen and oxygen atoms in total. The van der Waals surface area contributed by atoms with Crippen molar-refractivity contribution < 1.29 is 13.2 Å². The Balaban J connectivity index is 1.31. The topological polar surface area (TPSA) is 105 Å². The van der Waals surface area contributed by atoms with E-state index in [0.29, 0.717) is 17.9 Å². The van der Waals surface area contributed by atoms with Crippen molar-refractivity contribution in [3.8, 4) is 0 Å². The van der Waals surface area contributed by atoms with Gasteiger partial charge in [-0.05, 0) is 67.7 Å². The summed E-state index contributed by atoms with van der Waals surface area (Å²) in [4.78, 5) is 15.1. The summed E-state index contributed by atoms with van der Waals surface area (Å²) in [6, 6.07) is 23.3. The maximum absolute atomic E-state index is 12.9. The maximum atomic E-state index is 12.9. The number of carbonyl (C=O) groups is 1. The summed E-state index contributed by atoms with van der Waals surface area (Å²) < 4.78 is 28.5. The molecule has 0 aromatic heterocycles. The number of nitrogens with zero attached hydrogens (tertiary/aromatic N) is 1. The number of sulfonamides is 1. The largest absolute Gasteiger partial charge is 0.397 e. The fourth-order valence-corrected chi connectivity index (χ4v) is 5.27. The first-order valence-electron chi connectivity index (χ1n) is 11.4. The molecule has 0 atom stereocenters.